The lowest BCUT2D eigenvalue weighted by Crippen LogP contribution is -2.49. The summed E-state index contributed by atoms with van der Waals surface area (Å²) in [6, 6.07) is 12.6. The number of benzene rings is 2. The van der Waals surface area contributed by atoms with E-state index >= 15 is 0 Å². The van der Waals surface area contributed by atoms with E-state index in [1.165, 1.54) is 32.1 Å². The summed E-state index contributed by atoms with van der Waals surface area (Å²) < 4.78 is 13.8. The fourth-order valence-electron chi connectivity index (χ4n) is 7.30. The van der Waals surface area contributed by atoms with Crippen molar-refractivity contribution in [2.24, 2.45) is 23.7 Å². The highest BCUT2D eigenvalue weighted by atomic mass is 35.5. The first-order valence-corrected chi connectivity index (χ1v) is 15.3. The second kappa shape index (κ2) is 12.0. The fraction of sp³-hybridized carbons (Fsp3) is 0.484. The SMILES string of the molecule is Cc1c(C(=O)NCCOCCOC2[C@H]3C[C@@H]4C[C@@H](C[C@H]2C4)C3)nn(-c2ccc(Cl)cc2Cl)c1-c1ccc(Cl)cc1. The van der Waals surface area contributed by atoms with Gasteiger partial charge in [-0.2, -0.15) is 5.10 Å². The summed E-state index contributed by atoms with van der Waals surface area (Å²) in [6.07, 6.45) is 7.27. The molecular formula is C31H34Cl3N3O3. The maximum Gasteiger partial charge on any atom is 0.272 e. The molecule has 0 saturated heterocycles. The van der Waals surface area contributed by atoms with Crippen LogP contribution in [0.1, 0.15) is 48.2 Å². The van der Waals surface area contributed by atoms with Gasteiger partial charge in [0, 0.05) is 27.7 Å². The topological polar surface area (TPSA) is 65.4 Å². The summed E-state index contributed by atoms with van der Waals surface area (Å²) in [7, 11) is 0. The second-order valence-electron chi connectivity index (χ2n) is 11.5. The maximum absolute atomic E-state index is 13.2. The van der Waals surface area contributed by atoms with Crippen LogP contribution in [0.3, 0.4) is 0 Å². The van der Waals surface area contributed by atoms with E-state index in [0.717, 1.165) is 40.5 Å². The summed E-state index contributed by atoms with van der Waals surface area (Å²) in [5.74, 6) is 3.12. The van der Waals surface area contributed by atoms with Gasteiger partial charge in [-0.15, -0.1) is 0 Å². The summed E-state index contributed by atoms with van der Waals surface area (Å²) in [6.45, 7) is 3.80. The quantitative estimate of drug-likeness (QED) is 0.246. The number of rotatable bonds is 10. The molecule has 3 aromatic rings. The number of nitrogens with one attached hydrogen (secondary N) is 1. The Morgan fingerprint density at radius 2 is 1.60 bits per heavy atom. The number of nitrogens with zero attached hydrogens (tertiary/aromatic N) is 2. The van der Waals surface area contributed by atoms with Gasteiger partial charge in [0.2, 0.25) is 0 Å². The summed E-state index contributed by atoms with van der Waals surface area (Å²) >= 11 is 18.8. The van der Waals surface area contributed by atoms with Crippen molar-refractivity contribution in [3.63, 3.8) is 0 Å². The lowest BCUT2D eigenvalue weighted by atomic mass is 9.55. The van der Waals surface area contributed by atoms with Crippen molar-refractivity contribution < 1.29 is 14.3 Å². The highest BCUT2D eigenvalue weighted by Crippen LogP contribution is 2.54. The normalized spacial score (nSPS) is 24.9. The number of amides is 1. The van der Waals surface area contributed by atoms with E-state index in [2.05, 4.69) is 10.4 Å². The number of ether oxygens (including phenoxy) is 2. The van der Waals surface area contributed by atoms with E-state index in [4.69, 9.17) is 44.3 Å². The zero-order valence-corrected chi connectivity index (χ0v) is 24.8. The number of halogens is 3. The monoisotopic (exact) mass is 601 g/mol. The molecule has 0 spiro atoms. The van der Waals surface area contributed by atoms with Crippen LogP contribution in [0.2, 0.25) is 15.1 Å². The van der Waals surface area contributed by atoms with Crippen LogP contribution < -0.4 is 5.32 Å². The Morgan fingerprint density at radius 3 is 2.27 bits per heavy atom. The van der Waals surface area contributed by atoms with Gasteiger partial charge in [0.25, 0.3) is 5.91 Å². The van der Waals surface area contributed by atoms with Gasteiger partial charge in [0.05, 0.1) is 42.3 Å². The molecule has 2 aromatic carbocycles. The van der Waals surface area contributed by atoms with E-state index in [0.29, 0.717) is 58.9 Å². The molecule has 1 amide bonds. The van der Waals surface area contributed by atoms with Crippen molar-refractivity contribution in [2.45, 2.75) is 45.1 Å². The van der Waals surface area contributed by atoms with Crippen LogP contribution in [0, 0.1) is 30.6 Å². The molecule has 4 bridgehead atoms. The molecule has 4 aliphatic carbocycles. The summed E-state index contributed by atoms with van der Waals surface area (Å²) in [5.41, 5.74) is 3.30. The molecule has 0 aliphatic heterocycles. The zero-order valence-electron chi connectivity index (χ0n) is 22.5. The van der Waals surface area contributed by atoms with Gasteiger partial charge >= 0.3 is 0 Å². The number of carbonyl (C=O) groups excluding carboxylic acids is 1. The Hall–Kier alpha value is -2.09. The van der Waals surface area contributed by atoms with Gasteiger partial charge in [-0.25, -0.2) is 4.68 Å². The van der Waals surface area contributed by atoms with Crippen LogP contribution in [0.25, 0.3) is 16.9 Å². The fourth-order valence-corrected chi connectivity index (χ4v) is 7.91. The minimum atomic E-state index is -0.273. The zero-order chi connectivity index (χ0) is 27.8. The molecule has 0 atom stereocenters. The van der Waals surface area contributed by atoms with Crippen molar-refractivity contribution in [1.29, 1.82) is 0 Å². The third-order valence-corrected chi connectivity index (χ3v) is 9.59. The molecule has 0 radical (unpaired) electrons. The van der Waals surface area contributed by atoms with E-state index < -0.39 is 0 Å². The van der Waals surface area contributed by atoms with E-state index in [1.807, 2.05) is 19.1 Å². The minimum absolute atomic E-state index is 0.273. The number of hydrogen-bond donors (Lipinski definition) is 1. The Balaban J connectivity index is 1.05. The molecule has 6 nitrogen and oxygen atoms in total. The number of carbonyl (C=O) groups is 1. The lowest BCUT2D eigenvalue weighted by Gasteiger charge is -2.54. The van der Waals surface area contributed by atoms with Crippen molar-refractivity contribution in [3.8, 4) is 16.9 Å². The third kappa shape index (κ3) is 5.79. The van der Waals surface area contributed by atoms with Crippen molar-refractivity contribution in [1.82, 2.24) is 15.1 Å². The predicted octanol–water partition coefficient (Wildman–Crippen LogP) is 7.40. The first-order chi connectivity index (χ1) is 19.4. The van der Waals surface area contributed by atoms with E-state index in [-0.39, 0.29) is 5.91 Å². The minimum Gasteiger partial charge on any atom is -0.377 e. The van der Waals surface area contributed by atoms with Crippen LogP contribution in [0.4, 0.5) is 0 Å². The largest absolute Gasteiger partial charge is 0.377 e. The van der Waals surface area contributed by atoms with Gasteiger partial charge in [0.15, 0.2) is 5.69 Å². The smallest absolute Gasteiger partial charge is 0.272 e. The molecular weight excluding hydrogens is 569 g/mol. The first kappa shape index (κ1) is 28.0. The molecule has 4 saturated carbocycles. The maximum atomic E-state index is 13.2. The predicted molar refractivity (Wildman–Crippen MR) is 159 cm³/mol. The third-order valence-electron chi connectivity index (χ3n) is 8.80. The standard InChI is InChI=1S/C31H34Cl3N3O3/c1-18-28(36-37(27-7-6-25(33)17-26(27)34)29(18)21-2-4-24(32)5-3-21)31(38)35-8-9-39-10-11-40-30-22-13-19-12-20(15-22)16-23(30)14-19/h2-7,17,19-20,22-23,30H,8-16H2,1H3,(H,35,38)/t19-,20+,22-,23+,30?. The summed E-state index contributed by atoms with van der Waals surface area (Å²) in [4.78, 5) is 13.2. The van der Waals surface area contributed by atoms with Crippen LogP contribution >= 0.6 is 34.8 Å². The Labute approximate surface area is 250 Å². The average Bonchev–Trinajstić information content (AvgIpc) is 3.26. The van der Waals surface area contributed by atoms with Crippen LogP contribution in [-0.4, -0.2) is 48.2 Å². The van der Waals surface area contributed by atoms with Gasteiger partial charge in [-0.1, -0.05) is 46.9 Å². The van der Waals surface area contributed by atoms with E-state index in [9.17, 15) is 4.79 Å². The molecule has 0 unspecified atom stereocenters. The van der Waals surface area contributed by atoms with Gasteiger partial charge < -0.3 is 14.8 Å². The van der Waals surface area contributed by atoms with Gasteiger partial charge in [-0.3, -0.25) is 4.79 Å². The Kier molecular flexibility index (Phi) is 8.43. The molecule has 1 aromatic heterocycles. The van der Waals surface area contributed by atoms with Crippen molar-refractivity contribution >= 4 is 40.7 Å². The molecule has 7 rings (SSSR count). The van der Waals surface area contributed by atoms with Crippen LogP contribution in [0.5, 0.6) is 0 Å². The lowest BCUT2D eigenvalue weighted by molar-refractivity contribution is -0.133. The molecule has 4 aliphatic rings. The van der Waals surface area contributed by atoms with Gasteiger partial charge in [0.1, 0.15) is 0 Å². The van der Waals surface area contributed by atoms with Crippen molar-refractivity contribution in [2.75, 3.05) is 26.4 Å². The molecule has 212 valence electrons. The second-order valence-corrected chi connectivity index (χ2v) is 12.8. The first-order valence-electron chi connectivity index (χ1n) is 14.2. The summed E-state index contributed by atoms with van der Waals surface area (Å²) in [5, 5.41) is 9.19. The molecule has 1 heterocycles. The van der Waals surface area contributed by atoms with Crippen LogP contribution in [-0.2, 0) is 9.47 Å². The molecule has 9 heteroatoms. The molecule has 4 fully saturated rings. The van der Waals surface area contributed by atoms with E-state index in [1.54, 1.807) is 35.0 Å². The average molecular weight is 603 g/mol. The van der Waals surface area contributed by atoms with Crippen molar-refractivity contribution in [3.05, 3.63) is 68.8 Å². The molecule has 40 heavy (non-hydrogen) atoms. The van der Waals surface area contributed by atoms with Gasteiger partial charge in [-0.05, 0) is 93.0 Å². The molecule has 1 N–H and O–H groups in total. The number of aromatic nitrogens is 2. The Bertz CT molecular complexity index is 1350. The highest BCUT2D eigenvalue weighted by molar-refractivity contribution is 6.35. The highest BCUT2D eigenvalue weighted by Gasteiger charge is 2.48. The van der Waals surface area contributed by atoms with Crippen LogP contribution in [0.15, 0.2) is 42.5 Å². The number of hydrogen-bond acceptors (Lipinski definition) is 4. The Morgan fingerprint density at radius 1 is 0.925 bits per heavy atom.